The lowest BCUT2D eigenvalue weighted by atomic mass is 10.1. The molecule has 0 atom stereocenters. The molecule has 0 saturated heterocycles. The quantitative estimate of drug-likeness (QED) is 0.859. The third-order valence-corrected chi connectivity index (χ3v) is 3.18. The Morgan fingerprint density at radius 1 is 1.13 bits per heavy atom. The lowest BCUT2D eigenvalue weighted by molar-refractivity contribution is 0.230. The zero-order chi connectivity index (χ0) is 16.7. The minimum atomic E-state index is -0.317. The molecule has 0 aliphatic heterocycles. The first-order valence-electron chi connectivity index (χ1n) is 7.70. The molecule has 1 aromatic carbocycles. The number of nitrogens with one attached hydrogen (secondary N) is 2. The first-order chi connectivity index (χ1) is 11.1. The van der Waals surface area contributed by atoms with Crippen molar-refractivity contribution in [3.63, 3.8) is 0 Å². The van der Waals surface area contributed by atoms with Crippen LogP contribution in [-0.4, -0.2) is 22.3 Å². The Kier molecular flexibility index (Phi) is 5.91. The molecule has 6 heteroatoms. The summed E-state index contributed by atoms with van der Waals surface area (Å²) in [5.41, 5.74) is 2.33. The van der Waals surface area contributed by atoms with Gasteiger partial charge in [0.2, 0.25) is 5.88 Å². The molecule has 2 amide bonds. The summed E-state index contributed by atoms with van der Waals surface area (Å²) in [6.07, 6.45) is 0.965. The Balaban J connectivity index is 1.87. The van der Waals surface area contributed by atoms with Crippen molar-refractivity contribution in [2.24, 2.45) is 0 Å². The molecule has 0 spiro atoms. The molecule has 0 fully saturated rings. The van der Waals surface area contributed by atoms with Gasteiger partial charge in [0.15, 0.2) is 5.82 Å². The molecule has 2 rings (SSSR count). The van der Waals surface area contributed by atoms with Crippen LogP contribution in [0, 0.1) is 0 Å². The predicted octanol–water partition coefficient (Wildman–Crippen LogP) is 3.15. The van der Waals surface area contributed by atoms with Crippen LogP contribution in [0.25, 0.3) is 0 Å². The number of urea groups is 1. The molecule has 122 valence electrons. The van der Waals surface area contributed by atoms with E-state index in [9.17, 15) is 4.79 Å². The van der Waals surface area contributed by atoms with Crippen molar-refractivity contribution < 1.29 is 9.53 Å². The van der Waals surface area contributed by atoms with Crippen molar-refractivity contribution in [1.29, 1.82) is 0 Å². The number of nitrogens with zero attached hydrogens (tertiary/aromatic N) is 2. The summed E-state index contributed by atoms with van der Waals surface area (Å²) in [7, 11) is 0. The third kappa shape index (κ3) is 5.25. The molecule has 23 heavy (non-hydrogen) atoms. The van der Waals surface area contributed by atoms with Gasteiger partial charge in [-0.25, -0.2) is 4.79 Å². The number of anilines is 1. The van der Waals surface area contributed by atoms with Crippen molar-refractivity contribution in [2.45, 2.75) is 39.8 Å². The highest BCUT2D eigenvalue weighted by Gasteiger charge is 2.06. The highest BCUT2D eigenvalue weighted by atomic mass is 16.5. The average Bonchev–Trinajstić information content (AvgIpc) is 2.54. The van der Waals surface area contributed by atoms with E-state index in [0.29, 0.717) is 18.2 Å². The highest BCUT2D eigenvalue weighted by Crippen LogP contribution is 2.11. The first kappa shape index (κ1) is 16.7. The van der Waals surface area contributed by atoms with E-state index in [-0.39, 0.29) is 12.1 Å². The standard InChI is InChI=1S/C17H22N4O2/c1-4-13-7-5-6-8-14(13)11-18-17(22)19-15-9-10-16(21-20-15)23-12(2)3/h5-10,12H,4,11H2,1-3H3,(H2,18,19,20,22). The largest absolute Gasteiger partial charge is 0.474 e. The molecular weight excluding hydrogens is 292 g/mol. The summed E-state index contributed by atoms with van der Waals surface area (Å²) in [5.74, 6) is 0.810. The minimum Gasteiger partial charge on any atom is -0.474 e. The van der Waals surface area contributed by atoms with Gasteiger partial charge in [-0.3, -0.25) is 5.32 Å². The normalized spacial score (nSPS) is 10.4. The SMILES string of the molecule is CCc1ccccc1CNC(=O)Nc1ccc(OC(C)C)nn1. The maximum absolute atomic E-state index is 11.9. The number of aryl methyl sites for hydroxylation is 1. The summed E-state index contributed by atoms with van der Waals surface area (Å²) in [4.78, 5) is 11.9. The number of carbonyl (C=O) groups is 1. The average molecular weight is 314 g/mol. The number of ether oxygens (including phenoxy) is 1. The second kappa shape index (κ2) is 8.12. The van der Waals surface area contributed by atoms with Crippen LogP contribution in [0.1, 0.15) is 31.9 Å². The zero-order valence-electron chi connectivity index (χ0n) is 13.7. The van der Waals surface area contributed by atoms with Crippen molar-refractivity contribution in [1.82, 2.24) is 15.5 Å². The van der Waals surface area contributed by atoms with E-state index in [2.05, 4.69) is 33.8 Å². The summed E-state index contributed by atoms with van der Waals surface area (Å²) >= 11 is 0. The van der Waals surface area contributed by atoms with E-state index in [0.717, 1.165) is 12.0 Å². The Morgan fingerprint density at radius 2 is 1.87 bits per heavy atom. The fraction of sp³-hybridized carbons (Fsp3) is 0.353. The molecular formula is C17H22N4O2. The smallest absolute Gasteiger partial charge is 0.320 e. The van der Waals surface area contributed by atoms with Crippen LogP contribution in [0.5, 0.6) is 5.88 Å². The summed E-state index contributed by atoms with van der Waals surface area (Å²) in [6, 6.07) is 11.1. The van der Waals surface area contributed by atoms with Gasteiger partial charge in [0, 0.05) is 12.6 Å². The molecule has 0 bridgehead atoms. The molecule has 0 aliphatic rings. The topological polar surface area (TPSA) is 76.1 Å². The second-order valence-electron chi connectivity index (χ2n) is 5.35. The molecule has 6 nitrogen and oxygen atoms in total. The van der Waals surface area contributed by atoms with Crippen molar-refractivity contribution >= 4 is 11.8 Å². The molecule has 1 heterocycles. The second-order valence-corrected chi connectivity index (χ2v) is 5.35. The Labute approximate surface area is 136 Å². The van der Waals surface area contributed by atoms with Crippen LogP contribution in [-0.2, 0) is 13.0 Å². The summed E-state index contributed by atoms with van der Waals surface area (Å²) in [5, 5.41) is 13.3. The van der Waals surface area contributed by atoms with Gasteiger partial charge < -0.3 is 10.1 Å². The molecule has 2 aromatic rings. The Bertz CT molecular complexity index is 641. The van der Waals surface area contributed by atoms with Gasteiger partial charge in [-0.15, -0.1) is 10.2 Å². The van der Waals surface area contributed by atoms with Gasteiger partial charge in [0.1, 0.15) is 0 Å². The molecule has 2 N–H and O–H groups in total. The molecule has 0 radical (unpaired) electrons. The predicted molar refractivity (Wildman–Crippen MR) is 89.5 cm³/mol. The van der Waals surface area contributed by atoms with Crippen molar-refractivity contribution in [3.05, 3.63) is 47.5 Å². The molecule has 0 unspecified atom stereocenters. The number of amides is 2. The fourth-order valence-corrected chi connectivity index (χ4v) is 2.10. The van der Waals surface area contributed by atoms with Gasteiger partial charge in [0.05, 0.1) is 6.10 Å². The summed E-state index contributed by atoms with van der Waals surface area (Å²) < 4.78 is 5.40. The van der Waals surface area contributed by atoms with Crippen LogP contribution in [0.3, 0.4) is 0 Å². The maximum atomic E-state index is 11.9. The number of benzene rings is 1. The number of rotatable bonds is 6. The van der Waals surface area contributed by atoms with Crippen LogP contribution in [0.15, 0.2) is 36.4 Å². The number of carbonyl (C=O) groups excluding carboxylic acids is 1. The number of hydrogen-bond acceptors (Lipinski definition) is 4. The lowest BCUT2D eigenvalue weighted by Crippen LogP contribution is -2.29. The third-order valence-electron chi connectivity index (χ3n) is 3.18. The van der Waals surface area contributed by atoms with Gasteiger partial charge in [-0.2, -0.15) is 0 Å². The minimum absolute atomic E-state index is 0.0324. The van der Waals surface area contributed by atoms with Gasteiger partial charge in [-0.1, -0.05) is 31.2 Å². The van der Waals surface area contributed by atoms with Crippen LogP contribution in [0.4, 0.5) is 10.6 Å². The van der Waals surface area contributed by atoms with Gasteiger partial charge >= 0.3 is 6.03 Å². The van der Waals surface area contributed by atoms with E-state index in [1.54, 1.807) is 12.1 Å². The lowest BCUT2D eigenvalue weighted by Gasteiger charge is -2.10. The fourth-order valence-electron chi connectivity index (χ4n) is 2.10. The van der Waals surface area contributed by atoms with Gasteiger partial charge in [0.25, 0.3) is 0 Å². The number of aromatic nitrogens is 2. The highest BCUT2D eigenvalue weighted by molar-refractivity contribution is 5.88. The Morgan fingerprint density at radius 3 is 2.48 bits per heavy atom. The zero-order valence-corrected chi connectivity index (χ0v) is 13.7. The summed E-state index contributed by atoms with van der Waals surface area (Å²) in [6.45, 7) is 6.39. The van der Waals surface area contributed by atoms with Crippen molar-refractivity contribution in [2.75, 3.05) is 5.32 Å². The molecule has 0 saturated carbocycles. The first-order valence-corrected chi connectivity index (χ1v) is 7.70. The number of hydrogen-bond donors (Lipinski definition) is 2. The monoisotopic (exact) mass is 314 g/mol. The van der Waals surface area contributed by atoms with E-state index >= 15 is 0 Å². The van der Waals surface area contributed by atoms with E-state index < -0.39 is 0 Å². The van der Waals surface area contributed by atoms with E-state index in [4.69, 9.17) is 4.74 Å². The maximum Gasteiger partial charge on any atom is 0.320 e. The molecule has 1 aromatic heterocycles. The van der Waals surface area contributed by atoms with Gasteiger partial charge in [-0.05, 0) is 37.5 Å². The Hall–Kier alpha value is -2.63. The van der Waals surface area contributed by atoms with Crippen LogP contribution >= 0.6 is 0 Å². The van der Waals surface area contributed by atoms with E-state index in [1.165, 1.54) is 5.56 Å². The van der Waals surface area contributed by atoms with Crippen LogP contribution < -0.4 is 15.4 Å². The van der Waals surface area contributed by atoms with Crippen molar-refractivity contribution in [3.8, 4) is 5.88 Å². The molecule has 0 aliphatic carbocycles. The van der Waals surface area contributed by atoms with Crippen LogP contribution in [0.2, 0.25) is 0 Å². The van der Waals surface area contributed by atoms with E-state index in [1.807, 2.05) is 32.0 Å².